The van der Waals surface area contributed by atoms with Gasteiger partial charge in [-0.15, -0.1) is 0 Å². The first-order valence-corrected chi connectivity index (χ1v) is 6.02. The Labute approximate surface area is 99.0 Å². The fourth-order valence-corrected chi connectivity index (χ4v) is 2.53. The maximum Gasteiger partial charge on any atom is 0.152 e. The molecule has 1 aliphatic rings. The standard InChI is InChI=1S/C14H14FNO/c15-13-6-2-5-12-11(9-17)8-16(14(12)13)7-10-3-1-4-10/h2,5-6,8-10H,1,3-4,7H2. The lowest BCUT2D eigenvalue weighted by Gasteiger charge is -2.26. The number of carbonyl (C=O) groups excluding carboxylic acids is 1. The Hall–Kier alpha value is -1.64. The molecule has 0 unspecified atom stereocenters. The number of halogens is 1. The molecule has 1 aromatic carbocycles. The van der Waals surface area contributed by atoms with E-state index in [4.69, 9.17) is 0 Å². The summed E-state index contributed by atoms with van der Waals surface area (Å²) < 4.78 is 15.7. The van der Waals surface area contributed by atoms with Crippen molar-refractivity contribution in [3.63, 3.8) is 0 Å². The van der Waals surface area contributed by atoms with Crippen molar-refractivity contribution in [1.29, 1.82) is 0 Å². The van der Waals surface area contributed by atoms with Gasteiger partial charge in [0.15, 0.2) is 6.29 Å². The zero-order valence-corrected chi connectivity index (χ0v) is 9.53. The van der Waals surface area contributed by atoms with Gasteiger partial charge in [0.05, 0.1) is 5.52 Å². The van der Waals surface area contributed by atoms with Crippen LogP contribution < -0.4 is 0 Å². The molecular formula is C14H14FNO. The molecule has 0 atom stereocenters. The minimum absolute atomic E-state index is 0.241. The smallest absolute Gasteiger partial charge is 0.152 e. The van der Waals surface area contributed by atoms with Crippen LogP contribution in [0.5, 0.6) is 0 Å². The van der Waals surface area contributed by atoms with E-state index in [0.29, 0.717) is 17.0 Å². The van der Waals surface area contributed by atoms with Crippen LogP contribution in [0.15, 0.2) is 24.4 Å². The molecule has 2 nitrogen and oxygen atoms in total. The molecule has 0 aliphatic heterocycles. The Morgan fingerprint density at radius 1 is 1.41 bits per heavy atom. The topological polar surface area (TPSA) is 22.0 Å². The van der Waals surface area contributed by atoms with Gasteiger partial charge in [-0.1, -0.05) is 18.6 Å². The molecule has 88 valence electrons. The van der Waals surface area contributed by atoms with E-state index in [1.807, 2.05) is 4.57 Å². The van der Waals surface area contributed by atoms with Gasteiger partial charge in [-0.2, -0.15) is 0 Å². The number of rotatable bonds is 3. The fraction of sp³-hybridized carbons (Fsp3) is 0.357. The van der Waals surface area contributed by atoms with Crippen molar-refractivity contribution >= 4 is 17.2 Å². The lowest BCUT2D eigenvalue weighted by atomic mass is 9.85. The summed E-state index contributed by atoms with van der Waals surface area (Å²) in [6, 6.07) is 4.91. The summed E-state index contributed by atoms with van der Waals surface area (Å²) in [6.45, 7) is 0.825. The second-order valence-electron chi connectivity index (χ2n) is 4.79. The van der Waals surface area contributed by atoms with E-state index < -0.39 is 0 Å². The van der Waals surface area contributed by atoms with Gasteiger partial charge in [-0.25, -0.2) is 4.39 Å². The fourth-order valence-electron chi connectivity index (χ4n) is 2.53. The number of carbonyl (C=O) groups is 1. The number of hydrogen-bond donors (Lipinski definition) is 0. The third kappa shape index (κ3) is 1.66. The maximum absolute atomic E-state index is 13.8. The molecule has 3 rings (SSSR count). The average Bonchev–Trinajstić information content (AvgIpc) is 2.63. The van der Waals surface area contributed by atoms with Crippen molar-refractivity contribution in [2.75, 3.05) is 0 Å². The van der Waals surface area contributed by atoms with Gasteiger partial charge in [0, 0.05) is 23.7 Å². The van der Waals surface area contributed by atoms with Crippen LogP contribution in [0.2, 0.25) is 0 Å². The van der Waals surface area contributed by atoms with Crippen molar-refractivity contribution in [1.82, 2.24) is 4.57 Å². The molecule has 1 saturated carbocycles. The van der Waals surface area contributed by atoms with Gasteiger partial charge < -0.3 is 4.57 Å². The van der Waals surface area contributed by atoms with Crippen LogP contribution in [-0.2, 0) is 6.54 Å². The Kier molecular flexibility index (Phi) is 2.46. The SMILES string of the molecule is O=Cc1cn(CC2CCC2)c2c(F)cccc12. The highest BCUT2D eigenvalue weighted by atomic mass is 19.1. The first-order chi connectivity index (χ1) is 8.29. The Balaban J connectivity index is 2.12. The average molecular weight is 231 g/mol. The zero-order valence-electron chi connectivity index (χ0n) is 9.53. The molecule has 0 saturated heterocycles. The van der Waals surface area contributed by atoms with Crippen LogP contribution in [0.4, 0.5) is 4.39 Å². The first-order valence-electron chi connectivity index (χ1n) is 6.02. The second-order valence-corrected chi connectivity index (χ2v) is 4.79. The highest BCUT2D eigenvalue weighted by molar-refractivity contribution is 5.97. The molecule has 0 bridgehead atoms. The Bertz CT molecular complexity index is 569. The van der Waals surface area contributed by atoms with Gasteiger partial charge in [0.25, 0.3) is 0 Å². The maximum atomic E-state index is 13.8. The summed E-state index contributed by atoms with van der Waals surface area (Å²) in [5, 5.41) is 0.722. The number of nitrogens with zero attached hydrogens (tertiary/aromatic N) is 1. The summed E-state index contributed by atoms with van der Waals surface area (Å²) in [5.41, 5.74) is 1.15. The quantitative estimate of drug-likeness (QED) is 0.742. The van der Waals surface area contributed by atoms with E-state index in [9.17, 15) is 9.18 Å². The van der Waals surface area contributed by atoms with Crippen molar-refractivity contribution < 1.29 is 9.18 Å². The molecule has 1 fully saturated rings. The normalized spacial score (nSPS) is 16.1. The van der Waals surface area contributed by atoms with Gasteiger partial charge in [0.2, 0.25) is 0 Å². The number of para-hydroxylation sites is 1. The number of benzene rings is 1. The van der Waals surface area contributed by atoms with Crippen molar-refractivity contribution in [2.45, 2.75) is 25.8 Å². The van der Waals surface area contributed by atoms with Gasteiger partial charge in [0.1, 0.15) is 5.82 Å². The summed E-state index contributed by atoms with van der Waals surface area (Å²) in [6.07, 6.45) is 6.28. The monoisotopic (exact) mass is 231 g/mol. The summed E-state index contributed by atoms with van der Waals surface area (Å²) in [7, 11) is 0. The lowest BCUT2D eigenvalue weighted by molar-refractivity contribution is 0.112. The first kappa shape index (κ1) is 10.5. The molecule has 2 aromatic rings. The zero-order chi connectivity index (χ0) is 11.8. The van der Waals surface area contributed by atoms with E-state index in [2.05, 4.69) is 0 Å². The van der Waals surface area contributed by atoms with Crippen LogP contribution in [-0.4, -0.2) is 10.9 Å². The van der Waals surface area contributed by atoms with Crippen molar-refractivity contribution in [3.8, 4) is 0 Å². The van der Waals surface area contributed by atoms with E-state index in [0.717, 1.165) is 18.2 Å². The van der Waals surface area contributed by atoms with E-state index in [-0.39, 0.29) is 5.82 Å². The highest BCUT2D eigenvalue weighted by Gasteiger charge is 2.20. The summed E-state index contributed by atoms with van der Waals surface area (Å²) >= 11 is 0. The number of aldehydes is 1. The lowest BCUT2D eigenvalue weighted by Crippen LogP contribution is -2.17. The van der Waals surface area contributed by atoms with Crippen LogP contribution in [0.25, 0.3) is 10.9 Å². The number of hydrogen-bond acceptors (Lipinski definition) is 1. The van der Waals surface area contributed by atoms with E-state index in [1.54, 1.807) is 18.3 Å². The molecular weight excluding hydrogens is 217 g/mol. The van der Waals surface area contributed by atoms with Gasteiger partial charge >= 0.3 is 0 Å². The van der Waals surface area contributed by atoms with E-state index in [1.165, 1.54) is 25.3 Å². The summed E-state index contributed by atoms with van der Waals surface area (Å²) in [4.78, 5) is 11.0. The van der Waals surface area contributed by atoms with E-state index >= 15 is 0 Å². The van der Waals surface area contributed by atoms with Crippen molar-refractivity contribution in [3.05, 3.63) is 35.8 Å². The van der Waals surface area contributed by atoms with Crippen LogP contribution >= 0.6 is 0 Å². The highest BCUT2D eigenvalue weighted by Crippen LogP contribution is 2.31. The second kappa shape index (κ2) is 3.99. The molecule has 0 spiro atoms. The molecule has 1 aliphatic carbocycles. The molecule has 1 aromatic heterocycles. The van der Waals surface area contributed by atoms with Crippen LogP contribution in [0.1, 0.15) is 29.6 Å². The molecule has 3 heteroatoms. The summed E-state index contributed by atoms with van der Waals surface area (Å²) in [5.74, 6) is 0.402. The molecule has 0 N–H and O–H groups in total. The molecule has 17 heavy (non-hydrogen) atoms. The minimum Gasteiger partial charge on any atom is -0.344 e. The minimum atomic E-state index is -0.241. The predicted molar refractivity (Wildman–Crippen MR) is 64.6 cm³/mol. The number of fused-ring (bicyclic) bond motifs is 1. The van der Waals surface area contributed by atoms with Gasteiger partial charge in [-0.3, -0.25) is 4.79 Å². The van der Waals surface area contributed by atoms with Gasteiger partial charge in [-0.05, 0) is 24.8 Å². The predicted octanol–water partition coefficient (Wildman–Crippen LogP) is 3.39. The Morgan fingerprint density at radius 2 is 2.24 bits per heavy atom. The van der Waals surface area contributed by atoms with Crippen LogP contribution in [0, 0.1) is 11.7 Å². The number of aromatic nitrogens is 1. The third-order valence-corrected chi connectivity index (χ3v) is 3.69. The largest absolute Gasteiger partial charge is 0.344 e. The molecule has 0 radical (unpaired) electrons. The molecule has 0 amide bonds. The molecule has 1 heterocycles. The van der Waals surface area contributed by atoms with Crippen molar-refractivity contribution in [2.24, 2.45) is 5.92 Å². The van der Waals surface area contributed by atoms with Crippen LogP contribution in [0.3, 0.4) is 0 Å². The third-order valence-electron chi connectivity index (χ3n) is 3.69. The Morgan fingerprint density at radius 3 is 2.88 bits per heavy atom.